The van der Waals surface area contributed by atoms with Gasteiger partial charge in [0.15, 0.2) is 0 Å². The standard InChI is InChI=1S/C25H27N9O2/c1-16(2)24(35)25(36)33-8-6-32(7-9-33)22-5-4-17(12-27-22)20-10-18(21-15-31(3)30-29-21)14-34-23(20)19(11-26)13-28-34/h4-5,10,12-16,24,35H,6-9H2,1-3H3. The molecule has 4 aromatic rings. The molecule has 11 nitrogen and oxygen atoms in total. The zero-order valence-electron chi connectivity index (χ0n) is 20.4. The number of pyridine rings is 2. The van der Waals surface area contributed by atoms with Crippen LogP contribution < -0.4 is 4.90 Å². The lowest BCUT2D eigenvalue weighted by molar-refractivity contribution is -0.142. The van der Waals surface area contributed by atoms with Gasteiger partial charge in [-0.2, -0.15) is 10.4 Å². The molecule has 1 aliphatic rings. The van der Waals surface area contributed by atoms with Crippen molar-refractivity contribution < 1.29 is 9.90 Å². The number of aliphatic hydroxyl groups excluding tert-OH is 1. The van der Waals surface area contributed by atoms with Crippen LogP contribution in [0.5, 0.6) is 0 Å². The Balaban J connectivity index is 1.41. The van der Waals surface area contributed by atoms with Crippen molar-refractivity contribution in [1.82, 2.24) is 34.5 Å². The zero-order valence-corrected chi connectivity index (χ0v) is 20.4. The molecule has 0 spiro atoms. The first-order valence-corrected chi connectivity index (χ1v) is 11.8. The van der Waals surface area contributed by atoms with Crippen LogP contribution in [0, 0.1) is 17.2 Å². The largest absolute Gasteiger partial charge is 0.383 e. The van der Waals surface area contributed by atoms with Gasteiger partial charge in [-0.05, 0) is 24.1 Å². The highest BCUT2D eigenvalue weighted by Gasteiger charge is 2.28. The van der Waals surface area contributed by atoms with Crippen molar-refractivity contribution in [2.45, 2.75) is 20.0 Å². The summed E-state index contributed by atoms with van der Waals surface area (Å²) in [6, 6.07) is 8.12. The van der Waals surface area contributed by atoms with Gasteiger partial charge in [0.2, 0.25) is 0 Å². The van der Waals surface area contributed by atoms with E-state index in [0.29, 0.717) is 43.0 Å². The molecule has 0 bridgehead atoms. The summed E-state index contributed by atoms with van der Waals surface area (Å²) in [7, 11) is 1.81. The Bertz CT molecular complexity index is 1440. The monoisotopic (exact) mass is 485 g/mol. The molecule has 1 unspecified atom stereocenters. The summed E-state index contributed by atoms with van der Waals surface area (Å²) in [5, 5.41) is 32.3. The lowest BCUT2D eigenvalue weighted by Gasteiger charge is -2.36. The molecule has 184 valence electrons. The molecule has 5 heterocycles. The van der Waals surface area contributed by atoms with Crippen molar-refractivity contribution in [3.05, 3.63) is 48.5 Å². The van der Waals surface area contributed by atoms with E-state index in [-0.39, 0.29) is 11.8 Å². The molecule has 0 saturated carbocycles. The highest BCUT2D eigenvalue weighted by atomic mass is 16.3. The van der Waals surface area contributed by atoms with E-state index in [1.165, 1.54) is 0 Å². The summed E-state index contributed by atoms with van der Waals surface area (Å²) in [5.41, 5.74) is 4.38. The fourth-order valence-electron chi connectivity index (χ4n) is 4.40. The number of nitrogens with zero attached hydrogens (tertiary/aromatic N) is 9. The average Bonchev–Trinajstić information content (AvgIpc) is 3.53. The van der Waals surface area contributed by atoms with Crippen molar-refractivity contribution in [3.63, 3.8) is 0 Å². The van der Waals surface area contributed by atoms with Gasteiger partial charge in [0.25, 0.3) is 5.91 Å². The molecular formula is C25H27N9O2. The third-order valence-electron chi connectivity index (χ3n) is 6.49. The maximum atomic E-state index is 12.5. The number of nitriles is 1. The Labute approximate surface area is 208 Å². The van der Waals surface area contributed by atoms with Crippen LogP contribution in [0.1, 0.15) is 19.4 Å². The highest BCUT2D eigenvalue weighted by molar-refractivity contribution is 5.87. The minimum Gasteiger partial charge on any atom is -0.383 e. The predicted octanol–water partition coefficient (Wildman–Crippen LogP) is 1.73. The van der Waals surface area contributed by atoms with Crippen molar-refractivity contribution in [2.75, 3.05) is 31.1 Å². The molecule has 0 aromatic carbocycles. The van der Waals surface area contributed by atoms with Crippen LogP contribution >= 0.6 is 0 Å². The highest BCUT2D eigenvalue weighted by Crippen LogP contribution is 2.31. The molecule has 4 aromatic heterocycles. The van der Waals surface area contributed by atoms with Gasteiger partial charge in [0.1, 0.15) is 23.7 Å². The first-order valence-electron chi connectivity index (χ1n) is 11.8. The Hall–Kier alpha value is -4.30. The summed E-state index contributed by atoms with van der Waals surface area (Å²) in [6.45, 7) is 6.02. The van der Waals surface area contributed by atoms with Crippen LogP contribution in [-0.4, -0.2) is 77.8 Å². The summed E-state index contributed by atoms with van der Waals surface area (Å²) < 4.78 is 3.32. The van der Waals surface area contributed by atoms with Gasteiger partial charge >= 0.3 is 0 Å². The number of hydrogen-bond donors (Lipinski definition) is 1. The van der Waals surface area contributed by atoms with Crippen molar-refractivity contribution in [3.8, 4) is 28.5 Å². The number of anilines is 1. The molecule has 1 saturated heterocycles. The van der Waals surface area contributed by atoms with E-state index in [4.69, 9.17) is 4.98 Å². The van der Waals surface area contributed by atoms with Gasteiger partial charge in [-0.15, -0.1) is 5.10 Å². The molecule has 1 atom stereocenters. The molecule has 0 radical (unpaired) electrons. The smallest absolute Gasteiger partial charge is 0.251 e. The van der Waals surface area contributed by atoms with E-state index < -0.39 is 6.10 Å². The number of rotatable bonds is 5. The molecule has 11 heteroatoms. The van der Waals surface area contributed by atoms with E-state index >= 15 is 0 Å². The van der Waals surface area contributed by atoms with Gasteiger partial charge in [-0.3, -0.25) is 9.48 Å². The Morgan fingerprint density at radius 1 is 1.11 bits per heavy atom. The van der Waals surface area contributed by atoms with Crippen molar-refractivity contribution >= 4 is 17.2 Å². The summed E-state index contributed by atoms with van der Waals surface area (Å²) in [4.78, 5) is 21.0. The SMILES string of the molecule is CC(C)C(O)C(=O)N1CCN(c2ccc(-c3cc(-c4cn(C)nn4)cn4ncc(C#N)c34)cn2)CC1. The topological polar surface area (TPSA) is 128 Å². The number of carbonyl (C=O) groups excluding carboxylic acids is 1. The molecule has 1 aliphatic heterocycles. The van der Waals surface area contributed by atoms with Gasteiger partial charge in [0.05, 0.1) is 23.5 Å². The van der Waals surface area contributed by atoms with Gasteiger partial charge in [-0.25, -0.2) is 9.50 Å². The molecule has 0 aliphatic carbocycles. The van der Waals surface area contributed by atoms with Gasteiger partial charge in [0, 0.05) is 62.3 Å². The van der Waals surface area contributed by atoms with Crippen LogP contribution in [-0.2, 0) is 11.8 Å². The minimum atomic E-state index is -0.967. The summed E-state index contributed by atoms with van der Waals surface area (Å²) in [6.07, 6.45) is 6.04. The molecular weight excluding hydrogens is 458 g/mol. The zero-order chi connectivity index (χ0) is 25.4. The third kappa shape index (κ3) is 4.27. The predicted molar refractivity (Wildman–Crippen MR) is 133 cm³/mol. The van der Waals surface area contributed by atoms with Crippen LogP contribution in [0.2, 0.25) is 0 Å². The first-order chi connectivity index (χ1) is 17.4. The maximum absolute atomic E-state index is 12.5. The van der Waals surface area contributed by atoms with Crippen LogP contribution in [0.25, 0.3) is 27.9 Å². The summed E-state index contributed by atoms with van der Waals surface area (Å²) >= 11 is 0. The fraction of sp³-hybridized carbons (Fsp3) is 0.360. The van der Waals surface area contributed by atoms with E-state index in [1.54, 1.807) is 26.5 Å². The lowest BCUT2D eigenvalue weighted by atomic mass is 10.0. The number of hydrogen-bond acceptors (Lipinski definition) is 8. The molecule has 36 heavy (non-hydrogen) atoms. The quantitative estimate of drug-likeness (QED) is 0.453. The Kier molecular flexibility index (Phi) is 6.12. The van der Waals surface area contributed by atoms with Gasteiger partial charge < -0.3 is 14.9 Å². The van der Waals surface area contributed by atoms with E-state index in [1.807, 2.05) is 51.5 Å². The Morgan fingerprint density at radius 2 is 1.89 bits per heavy atom. The average molecular weight is 486 g/mol. The van der Waals surface area contributed by atoms with E-state index in [9.17, 15) is 15.2 Å². The second-order valence-electron chi connectivity index (χ2n) is 9.29. The number of aliphatic hydroxyl groups is 1. The number of amides is 1. The normalized spacial score (nSPS) is 14.9. The molecule has 1 amide bonds. The van der Waals surface area contributed by atoms with Crippen molar-refractivity contribution in [1.29, 1.82) is 5.26 Å². The lowest BCUT2D eigenvalue weighted by Crippen LogP contribution is -2.52. The molecule has 5 rings (SSSR count). The second-order valence-corrected chi connectivity index (χ2v) is 9.29. The number of carbonyl (C=O) groups is 1. The Morgan fingerprint density at radius 3 is 2.50 bits per heavy atom. The first kappa shape index (κ1) is 23.4. The van der Waals surface area contributed by atoms with Crippen LogP contribution in [0.3, 0.4) is 0 Å². The summed E-state index contributed by atoms with van der Waals surface area (Å²) in [5.74, 6) is 0.487. The second kappa shape index (κ2) is 9.39. The van der Waals surface area contributed by atoms with E-state index in [0.717, 1.165) is 22.5 Å². The third-order valence-corrected chi connectivity index (χ3v) is 6.49. The maximum Gasteiger partial charge on any atom is 0.251 e. The fourth-order valence-corrected chi connectivity index (χ4v) is 4.40. The van der Waals surface area contributed by atoms with Crippen LogP contribution in [0.15, 0.2) is 43.0 Å². The van der Waals surface area contributed by atoms with Crippen LogP contribution in [0.4, 0.5) is 5.82 Å². The number of aromatic nitrogens is 6. The van der Waals surface area contributed by atoms with E-state index in [2.05, 4.69) is 26.4 Å². The number of piperazine rings is 1. The van der Waals surface area contributed by atoms with Crippen molar-refractivity contribution in [2.24, 2.45) is 13.0 Å². The number of fused-ring (bicyclic) bond motifs is 1. The minimum absolute atomic E-state index is 0.110. The molecule has 1 N–H and O–H groups in total. The molecule has 1 fully saturated rings. The van der Waals surface area contributed by atoms with Gasteiger partial charge in [-0.1, -0.05) is 19.1 Å². The number of aryl methyl sites for hydroxylation is 1.